The molecule has 0 aromatic rings. The van der Waals surface area contributed by atoms with Crippen molar-refractivity contribution in [2.24, 2.45) is 0 Å². The minimum absolute atomic E-state index is 0.203. The van der Waals surface area contributed by atoms with Gasteiger partial charge in [-0.25, -0.2) is 0 Å². The van der Waals surface area contributed by atoms with E-state index in [1.54, 1.807) is 0 Å². The Balaban J connectivity index is 1.99. The van der Waals surface area contributed by atoms with Gasteiger partial charge in [0, 0.05) is 6.04 Å². The summed E-state index contributed by atoms with van der Waals surface area (Å²) in [6.45, 7) is 1.87. The van der Waals surface area contributed by atoms with E-state index >= 15 is 0 Å². The van der Waals surface area contributed by atoms with Crippen LogP contribution in [0.3, 0.4) is 0 Å². The molecule has 0 saturated heterocycles. The van der Waals surface area contributed by atoms with Crippen LogP contribution < -0.4 is 5.32 Å². The number of nitrogens with one attached hydrogen (secondary N) is 1. The van der Waals surface area contributed by atoms with E-state index in [1.807, 2.05) is 0 Å². The van der Waals surface area contributed by atoms with Crippen molar-refractivity contribution < 1.29 is 17.9 Å². The van der Waals surface area contributed by atoms with Crippen LogP contribution in [0.25, 0.3) is 0 Å². The smallest absolute Gasteiger partial charge is 0.369 e. The molecule has 0 aromatic heterocycles. The van der Waals surface area contributed by atoms with Crippen molar-refractivity contribution in [2.45, 2.75) is 44.5 Å². The zero-order valence-electron chi connectivity index (χ0n) is 8.23. The molecule has 1 aliphatic rings. The van der Waals surface area contributed by atoms with E-state index in [0.29, 0.717) is 18.9 Å². The quantitative estimate of drug-likeness (QED) is 0.751. The van der Waals surface area contributed by atoms with Crippen molar-refractivity contribution in [1.82, 2.24) is 5.32 Å². The van der Waals surface area contributed by atoms with E-state index in [2.05, 4.69) is 17.0 Å². The first-order chi connectivity index (χ1) is 6.51. The molecule has 0 aliphatic heterocycles. The number of ether oxygens (including phenoxy) is 1. The molecule has 0 atom stereocenters. The SMILES string of the molecule is CCCNC1CC(OCC(F)(F)F)C1. The monoisotopic (exact) mass is 211 g/mol. The summed E-state index contributed by atoms with van der Waals surface area (Å²) in [5, 5.41) is 3.23. The average molecular weight is 211 g/mol. The van der Waals surface area contributed by atoms with Gasteiger partial charge in [0.25, 0.3) is 0 Å². The molecule has 0 heterocycles. The highest BCUT2D eigenvalue weighted by molar-refractivity contribution is 4.85. The van der Waals surface area contributed by atoms with E-state index in [4.69, 9.17) is 0 Å². The van der Waals surface area contributed by atoms with Crippen molar-refractivity contribution in [3.05, 3.63) is 0 Å². The summed E-state index contributed by atoms with van der Waals surface area (Å²) >= 11 is 0. The topological polar surface area (TPSA) is 21.3 Å². The summed E-state index contributed by atoms with van der Waals surface area (Å²) in [4.78, 5) is 0. The third-order valence-electron chi connectivity index (χ3n) is 2.26. The summed E-state index contributed by atoms with van der Waals surface area (Å²) in [7, 11) is 0. The lowest BCUT2D eigenvalue weighted by molar-refractivity contribution is -0.194. The second-order valence-electron chi connectivity index (χ2n) is 3.67. The molecular weight excluding hydrogens is 195 g/mol. The van der Waals surface area contributed by atoms with Gasteiger partial charge in [0.2, 0.25) is 0 Å². The number of halogens is 3. The highest BCUT2D eigenvalue weighted by Crippen LogP contribution is 2.25. The van der Waals surface area contributed by atoms with Gasteiger partial charge in [-0.1, -0.05) is 6.92 Å². The maximum absolute atomic E-state index is 11.7. The van der Waals surface area contributed by atoms with Crippen LogP contribution >= 0.6 is 0 Å². The molecule has 0 radical (unpaired) electrons. The Labute approximate surface area is 81.8 Å². The Bertz CT molecular complexity index is 166. The fraction of sp³-hybridized carbons (Fsp3) is 1.00. The summed E-state index contributed by atoms with van der Waals surface area (Å²) < 4.78 is 39.9. The van der Waals surface area contributed by atoms with Gasteiger partial charge in [-0.15, -0.1) is 0 Å². The first-order valence-corrected chi connectivity index (χ1v) is 4.93. The number of rotatable bonds is 5. The standard InChI is InChI=1S/C9H16F3NO/c1-2-3-13-7-4-8(5-7)14-6-9(10,11)12/h7-8,13H,2-6H2,1H3. The molecule has 1 aliphatic carbocycles. The van der Waals surface area contributed by atoms with E-state index in [9.17, 15) is 13.2 Å². The van der Waals surface area contributed by atoms with E-state index in [-0.39, 0.29) is 6.10 Å². The minimum atomic E-state index is -4.19. The van der Waals surface area contributed by atoms with Gasteiger partial charge >= 0.3 is 6.18 Å². The number of hydrogen-bond donors (Lipinski definition) is 1. The van der Waals surface area contributed by atoms with Crippen LogP contribution in [0.5, 0.6) is 0 Å². The molecule has 0 bridgehead atoms. The zero-order valence-corrected chi connectivity index (χ0v) is 8.23. The maximum atomic E-state index is 11.7. The maximum Gasteiger partial charge on any atom is 0.411 e. The lowest BCUT2D eigenvalue weighted by Crippen LogP contribution is -2.46. The van der Waals surface area contributed by atoms with E-state index < -0.39 is 12.8 Å². The first kappa shape index (κ1) is 11.8. The fourth-order valence-corrected chi connectivity index (χ4v) is 1.43. The lowest BCUT2D eigenvalue weighted by atomic mass is 9.89. The molecule has 5 heteroatoms. The van der Waals surface area contributed by atoms with Crippen LogP contribution in [-0.2, 0) is 4.74 Å². The Morgan fingerprint density at radius 2 is 2.00 bits per heavy atom. The van der Waals surface area contributed by atoms with Crippen molar-refractivity contribution in [3.63, 3.8) is 0 Å². The van der Waals surface area contributed by atoms with Crippen LogP contribution in [-0.4, -0.2) is 31.5 Å². The Morgan fingerprint density at radius 3 is 2.50 bits per heavy atom. The molecule has 1 N–H and O–H groups in total. The first-order valence-electron chi connectivity index (χ1n) is 4.93. The van der Waals surface area contributed by atoms with Gasteiger partial charge in [0.15, 0.2) is 0 Å². The highest BCUT2D eigenvalue weighted by atomic mass is 19.4. The van der Waals surface area contributed by atoms with Gasteiger partial charge in [-0.2, -0.15) is 13.2 Å². The zero-order chi connectivity index (χ0) is 10.6. The fourth-order valence-electron chi connectivity index (χ4n) is 1.43. The second-order valence-corrected chi connectivity index (χ2v) is 3.67. The molecule has 0 aromatic carbocycles. The molecule has 84 valence electrons. The molecule has 1 saturated carbocycles. The Kier molecular flexibility index (Phi) is 4.19. The summed E-state index contributed by atoms with van der Waals surface area (Å²) in [6.07, 6.45) is -1.94. The third-order valence-corrected chi connectivity index (χ3v) is 2.26. The average Bonchev–Trinajstić information content (AvgIpc) is 1.99. The largest absolute Gasteiger partial charge is 0.411 e. The van der Waals surface area contributed by atoms with Gasteiger partial charge in [-0.05, 0) is 25.8 Å². The normalized spacial score (nSPS) is 27.4. The van der Waals surface area contributed by atoms with Crippen LogP contribution in [0.1, 0.15) is 26.2 Å². The van der Waals surface area contributed by atoms with Crippen molar-refractivity contribution in [2.75, 3.05) is 13.2 Å². The number of hydrogen-bond acceptors (Lipinski definition) is 2. The molecule has 1 fully saturated rings. The van der Waals surface area contributed by atoms with Gasteiger partial charge in [0.1, 0.15) is 6.61 Å². The lowest BCUT2D eigenvalue weighted by Gasteiger charge is -2.35. The summed E-state index contributed by atoms with van der Waals surface area (Å²) in [6, 6.07) is 0.355. The van der Waals surface area contributed by atoms with Crippen molar-refractivity contribution >= 4 is 0 Å². The highest BCUT2D eigenvalue weighted by Gasteiger charge is 2.34. The molecule has 0 spiro atoms. The third kappa shape index (κ3) is 4.28. The minimum Gasteiger partial charge on any atom is -0.369 e. The molecular formula is C9H16F3NO. The van der Waals surface area contributed by atoms with Crippen LogP contribution in [0.4, 0.5) is 13.2 Å². The molecule has 0 unspecified atom stereocenters. The van der Waals surface area contributed by atoms with Crippen molar-refractivity contribution in [1.29, 1.82) is 0 Å². The van der Waals surface area contributed by atoms with Crippen molar-refractivity contribution in [3.8, 4) is 0 Å². The predicted molar refractivity (Wildman–Crippen MR) is 47.1 cm³/mol. The Morgan fingerprint density at radius 1 is 1.36 bits per heavy atom. The van der Waals surface area contributed by atoms with E-state index in [1.165, 1.54) is 0 Å². The van der Waals surface area contributed by atoms with E-state index in [0.717, 1.165) is 13.0 Å². The molecule has 14 heavy (non-hydrogen) atoms. The van der Waals surface area contributed by atoms with Crippen LogP contribution in [0.2, 0.25) is 0 Å². The second kappa shape index (κ2) is 4.98. The van der Waals surface area contributed by atoms with Crippen LogP contribution in [0, 0.1) is 0 Å². The van der Waals surface area contributed by atoms with Gasteiger partial charge < -0.3 is 10.1 Å². The molecule has 1 rings (SSSR count). The Hall–Kier alpha value is -0.290. The molecule has 0 amide bonds. The van der Waals surface area contributed by atoms with Gasteiger partial charge in [0.05, 0.1) is 6.10 Å². The van der Waals surface area contributed by atoms with Gasteiger partial charge in [-0.3, -0.25) is 0 Å². The summed E-state index contributed by atoms with van der Waals surface area (Å²) in [5.74, 6) is 0. The molecule has 2 nitrogen and oxygen atoms in total. The number of alkyl halides is 3. The predicted octanol–water partition coefficient (Wildman–Crippen LogP) is 2.10. The summed E-state index contributed by atoms with van der Waals surface area (Å²) in [5.41, 5.74) is 0. The van der Waals surface area contributed by atoms with Crippen LogP contribution in [0.15, 0.2) is 0 Å².